The van der Waals surface area contributed by atoms with Gasteiger partial charge in [-0.3, -0.25) is 4.90 Å². The van der Waals surface area contributed by atoms with Crippen molar-refractivity contribution in [2.75, 3.05) is 13.1 Å². The average molecular weight is 248 g/mol. The second-order valence-electron chi connectivity index (χ2n) is 4.47. The van der Waals surface area contributed by atoms with E-state index in [9.17, 15) is 0 Å². The molecule has 0 spiro atoms. The summed E-state index contributed by atoms with van der Waals surface area (Å²) in [7, 11) is 0. The highest BCUT2D eigenvalue weighted by molar-refractivity contribution is 7.12. The zero-order valence-corrected chi connectivity index (χ0v) is 11.2. The first-order valence-electron chi connectivity index (χ1n) is 6.35. The van der Waals surface area contributed by atoms with Crippen LogP contribution in [0, 0.1) is 11.8 Å². The normalized spacial score (nSPS) is 14.8. The van der Waals surface area contributed by atoms with Crippen molar-refractivity contribution in [1.29, 1.82) is 0 Å². The number of thiophene rings is 1. The van der Waals surface area contributed by atoms with Crippen LogP contribution in [0.3, 0.4) is 0 Å². The lowest BCUT2D eigenvalue weighted by molar-refractivity contribution is 0.257. The molecule has 1 aromatic rings. The fourth-order valence-electron chi connectivity index (χ4n) is 1.99. The SMILES string of the molecule is CCCN(Cc1ccc(C#CCN)s1)C1CC1. The molecule has 1 fully saturated rings. The van der Waals surface area contributed by atoms with Crippen LogP contribution in [-0.2, 0) is 6.54 Å². The Morgan fingerprint density at radius 1 is 1.47 bits per heavy atom. The van der Waals surface area contributed by atoms with Crippen LogP contribution < -0.4 is 5.73 Å². The Bertz CT molecular complexity index is 409. The Morgan fingerprint density at radius 2 is 2.29 bits per heavy atom. The molecule has 0 bridgehead atoms. The molecule has 0 atom stereocenters. The van der Waals surface area contributed by atoms with E-state index in [1.54, 1.807) is 11.3 Å². The topological polar surface area (TPSA) is 29.3 Å². The van der Waals surface area contributed by atoms with E-state index in [0.717, 1.165) is 17.5 Å². The second-order valence-corrected chi connectivity index (χ2v) is 5.64. The van der Waals surface area contributed by atoms with Gasteiger partial charge < -0.3 is 5.73 Å². The maximum atomic E-state index is 5.37. The van der Waals surface area contributed by atoms with Crippen LogP contribution >= 0.6 is 11.3 Å². The van der Waals surface area contributed by atoms with Gasteiger partial charge in [0.15, 0.2) is 0 Å². The van der Waals surface area contributed by atoms with E-state index < -0.39 is 0 Å². The van der Waals surface area contributed by atoms with Crippen LogP contribution in [0.1, 0.15) is 35.9 Å². The molecule has 2 rings (SSSR count). The molecule has 1 heterocycles. The molecule has 0 amide bonds. The number of nitrogens with zero attached hydrogens (tertiary/aromatic N) is 1. The lowest BCUT2D eigenvalue weighted by Crippen LogP contribution is -2.25. The summed E-state index contributed by atoms with van der Waals surface area (Å²) < 4.78 is 0. The van der Waals surface area contributed by atoms with Gasteiger partial charge in [0.2, 0.25) is 0 Å². The average Bonchev–Trinajstić information content (AvgIpc) is 3.08. The van der Waals surface area contributed by atoms with E-state index in [4.69, 9.17) is 5.73 Å². The van der Waals surface area contributed by atoms with Crippen molar-refractivity contribution in [3.05, 3.63) is 21.9 Å². The molecular weight excluding hydrogens is 228 g/mol. The van der Waals surface area contributed by atoms with Crippen LogP contribution in [0.2, 0.25) is 0 Å². The Morgan fingerprint density at radius 3 is 2.94 bits per heavy atom. The predicted molar refractivity (Wildman–Crippen MR) is 74.0 cm³/mol. The summed E-state index contributed by atoms with van der Waals surface area (Å²) in [6.45, 7) is 5.00. The summed E-state index contributed by atoms with van der Waals surface area (Å²) in [4.78, 5) is 5.16. The molecule has 3 heteroatoms. The van der Waals surface area contributed by atoms with Crippen molar-refractivity contribution in [3.63, 3.8) is 0 Å². The molecule has 0 saturated heterocycles. The molecule has 0 radical (unpaired) electrons. The van der Waals surface area contributed by atoms with Crippen molar-refractivity contribution in [2.24, 2.45) is 5.73 Å². The van der Waals surface area contributed by atoms with Gasteiger partial charge in [-0.1, -0.05) is 18.8 Å². The van der Waals surface area contributed by atoms with Gasteiger partial charge in [0.05, 0.1) is 11.4 Å². The summed E-state index contributed by atoms with van der Waals surface area (Å²) in [5.41, 5.74) is 5.37. The number of hydrogen-bond donors (Lipinski definition) is 1. The maximum Gasteiger partial charge on any atom is 0.0772 e. The first-order chi connectivity index (χ1) is 8.33. The summed E-state index contributed by atoms with van der Waals surface area (Å²) in [5, 5.41) is 0. The minimum Gasteiger partial charge on any atom is -0.320 e. The number of hydrogen-bond acceptors (Lipinski definition) is 3. The second kappa shape index (κ2) is 6.20. The van der Waals surface area contributed by atoms with Crippen molar-refractivity contribution in [1.82, 2.24) is 4.90 Å². The summed E-state index contributed by atoms with van der Waals surface area (Å²) in [5.74, 6) is 6.01. The number of rotatable bonds is 5. The Hall–Kier alpha value is -0.820. The largest absolute Gasteiger partial charge is 0.320 e. The van der Waals surface area contributed by atoms with Crippen molar-refractivity contribution in [3.8, 4) is 11.8 Å². The molecule has 0 unspecified atom stereocenters. The van der Waals surface area contributed by atoms with E-state index in [1.165, 1.54) is 30.7 Å². The first kappa shape index (κ1) is 12.6. The molecule has 0 aromatic carbocycles. The molecule has 1 saturated carbocycles. The van der Waals surface area contributed by atoms with Crippen molar-refractivity contribution >= 4 is 11.3 Å². The van der Waals surface area contributed by atoms with E-state index in [2.05, 4.69) is 35.8 Å². The van der Waals surface area contributed by atoms with Gasteiger partial charge in [0, 0.05) is 17.5 Å². The fourth-order valence-corrected chi connectivity index (χ4v) is 2.89. The first-order valence-corrected chi connectivity index (χ1v) is 7.17. The van der Waals surface area contributed by atoms with Gasteiger partial charge in [-0.2, -0.15) is 0 Å². The van der Waals surface area contributed by atoms with Crippen molar-refractivity contribution in [2.45, 2.75) is 38.8 Å². The highest BCUT2D eigenvalue weighted by Crippen LogP contribution is 2.29. The third-order valence-electron chi connectivity index (χ3n) is 2.91. The summed E-state index contributed by atoms with van der Waals surface area (Å²) >= 11 is 1.80. The highest BCUT2D eigenvalue weighted by Gasteiger charge is 2.28. The lowest BCUT2D eigenvalue weighted by Gasteiger charge is -2.19. The standard InChI is InChI=1S/C14H20N2S/c1-2-10-16(12-5-6-12)11-14-8-7-13(17-14)4-3-9-15/h7-8,12H,2,5-6,9-11,15H2,1H3. The fraction of sp³-hybridized carbons (Fsp3) is 0.571. The molecule has 2 N–H and O–H groups in total. The van der Waals surface area contributed by atoms with Gasteiger partial charge >= 0.3 is 0 Å². The molecule has 0 aliphatic heterocycles. The van der Waals surface area contributed by atoms with E-state index in [1.807, 2.05) is 0 Å². The van der Waals surface area contributed by atoms with Crippen LogP contribution in [0.5, 0.6) is 0 Å². The molecule has 1 aromatic heterocycles. The van der Waals surface area contributed by atoms with Crippen LogP contribution in [0.25, 0.3) is 0 Å². The quantitative estimate of drug-likeness (QED) is 0.811. The Balaban J connectivity index is 1.94. The molecule has 92 valence electrons. The Labute approximate surface area is 108 Å². The highest BCUT2D eigenvalue weighted by atomic mass is 32.1. The van der Waals surface area contributed by atoms with E-state index in [0.29, 0.717) is 6.54 Å². The van der Waals surface area contributed by atoms with Gasteiger partial charge in [-0.05, 0) is 37.9 Å². The van der Waals surface area contributed by atoms with Gasteiger partial charge in [0.1, 0.15) is 0 Å². The minimum absolute atomic E-state index is 0.442. The smallest absolute Gasteiger partial charge is 0.0772 e. The summed E-state index contributed by atoms with van der Waals surface area (Å²) in [6, 6.07) is 5.16. The zero-order chi connectivity index (χ0) is 12.1. The predicted octanol–water partition coefficient (Wildman–Crippen LogP) is 2.43. The monoisotopic (exact) mass is 248 g/mol. The van der Waals surface area contributed by atoms with Crippen LogP contribution in [0.4, 0.5) is 0 Å². The third-order valence-corrected chi connectivity index (χ3v) is 3.89. The maximum absolute atomic E-state index is 5.37. The Kier molecular flexibility index (Phi) is 4.61. The third kappa shape index (κ3) is 3.85. The summed E-state index contributed by atoms with van der Waals surface area (Å²) in [6.07, 6.45) is 4.00. The lowest BCUT2D eigenvalue weighted by atomic mass is 10.3. The van der Waals surface area contributed by atoms with Gasteiger partial charge in [0.25, 0.3) is 0 Å². The molecule has 1 aliphatic rings. The van der Waals surface area contributed by atoms with Gasteiger partial charge in [-0.25, -0.2) is 0 Å². The molecule has 1 aliphatic carbocycles. The van der Waals surface area contributed by atoms with E-state index >= 15 is 0 Å². The molecule has 2 nitrogen and oxygen atoms in total. The van der Waals surface area contributed by atoms with E-state index in [-0.39, 0.29) is 0 Å². The number of nitrogens with two attached hydrogens (primary N) is 1. The van der Waals surface area contributed by atoms with Crippen LogP contribution in [-0.4, -0.2) is 24.0 Å². The van der Waals surface area contributed by atoms with Crippen LogP contribution in [0.15, 0.2) is 12.1 Å². The minimum atomic E-state index is 0.442. The molecular formula is C14H20N2S. The van der Waals surface area contributed by atoms with Gasteiger partial charge in [-0.15, -0.1) is 11.3 Å². The molecule has 17 heavy (non-hydrogen) atoms. The van der Waals surface area contributed by atoms with Crippen molar-refractivity contribution < 1.29 is 0 Å². The zero-order valence-electron chi connectivity index (χ0n) is 10.4.